The van der Waals surface area contributed by atoms with E-state index < -0.39 is 0 Å². The fourth-order valence-corrected chi connectivity index (χ4v) is 3.40. The normalized spacial score (nSPS) is 11.7. The molecule has 0 bridgehead atoms. The first-order chi connectivity index (χ1) is 9.25. The van der Waals surface area contributed by atoms with Gasteiger partial charge in [-0.05, 0) is 34.1 Å². The molecule has 4 rings (SSSR count). The fourth-order valence-electron chi connectivity index (χ4n) is 2.55. The average molecular weight is 332 g/mol. The molecule has 4 aromatic rings. The number of rotatable bonds is 0. The standard InChI is InChI=1S/C16H8BrClO/c17-12-8-11-9(5-3-6-13(11)18)16-15(12)10-4-1-2-7-14(10)19-16/h1-8H. The maximum atomic E-state index is 6.27. The smallest absolute Gasteiger partial charge is 0.144 e. The van der Waals surface area contributed by atoms with Crippen molar-refractivity contribution >= 4 is 60.2 Å². The predicted octanol–water partition coefficient (Wildman–Crippen LogP) is 6.16. The van der Waals surface area contributed by atoms with Gasteiger partial charge in [-0.15, -0.1) is 0 Å². The van der Waals surface area contributed by atoms with Gasteiger partial charge in [-0.3, -0.25) is 0 Å². The summed E-state index contributed by atoms with van der Waals surface area (Å²) in [6, 6.07) is 16.0. The molecule has 0 aliphatic heterocycles. The molecular weight excluding hydrogens is 324 g/mol. The molecule has 0 aliphatic rings. The summed E-state index contributed by atoms with van der Waals surface area (Å²) in [5.41, 5.74) is 1.78. The first kappa shape index (κ1) is 11.3. The topological polar surface area (TPSA) is 13.1 Å². The number of hydrogen-bond donors (Lipinski definition) is 0. The molecule has 0 amide bonds. The van der Waals surface area contributed by atoms with Crippen molar-refractivity contribution in [2.24, 2.45) is 0 Å². The fraction of sp³-hybridized carbons (Fsp3) is 0. The lowest BCUT2D eigenvalue weighted by Crippen LogP contribution is -1.77. The summed E-state index contributed by atoms with van der Waals surface area (Å²) in [7, 11) is 0. The van der Waals surface area contributed by atoms with E-state index in [0.29, 0.717) is 0 Å². The van der Waals surface area contributed by atoms with E-state index in [2.05, 4.69) is 28.1 Å². The lowest BCUT2D eigenvalue weighted by atomic mass is 10.1. The van der Waals surface area contributed by atoms with E-state index in [9.17, 15) is 0 Å². The minimum absolute atomic E-state index is 0.737. The number of halogens is 2. The summed E-state index contributed by atoms with van der Waals surface area (Å²) in [4.78, 5) is 0. The van der Waals surface area contributed by atoms with Gasteiger partial charge in [0.15, 0.2) is 0 Å². The molecule has 1 heterocycles. The summed E-state index contributed by atoms with van der Waals surface area (Å²) < 4.78 is 7.02. The van der Waals surface area contributed by atoms with Gasteiger partial charge in [0, 0.05) is 31.0 Å². The Morgan fingerprint density at radius 1 is 0.895 bits per heavy atom. The molecule has 3 heteroatoms. The zero-order chi connectivity index (χ0) is 13.0. The Labute approximate surface area is 122 Å². The van der Waals surface area contributed by atoms with Gasteiger partial charge in [0.2, 0.25) is 0 Å². The molecule has 0 saturated heterocycles. The van der Waals surface area contributed by atoms with Crippen molar-refractivity contribution in [3.8, 4) is 0 Å². The molecule has 1 nitrogen and oxygen atoms in total. The Bertz CT molecular complexity index is 940. The van der Waals surface area contributed by atoms with Crippen LogP contribution in [0.3, 0.4) is 0 Å². The zero-order valence-corrected chi connectivity index (χ0v) is 12.1. The summed E-state index contributed by atoms with van der Waals surface area (Å²) in [5, 5.41) is 5.00. The molecule has 19 heavy (non-hydrogen) atoms. The first-order valence-electron chi connectivity index (χ1n) is 5.93. The largest absolute Gasteiger partial charge is 0.455 e. The van der Waals surface area contributed by atoms with E-state index >= 15 is 0 Å². The Morgan fingerprint density at radius 2 is 1.68 bits per heavy atom. The van der Waals surface area contributed by atoms with Crippen LogP contribution in [0.4, 0.5) is 0 Å². The van der Waals surface area contributed by atoms with Crippen molar-refractivity contribution in [3.05, 3.63) is 58.0 Å². The van der Waals surface area contributed by atoms with Gasteiger partial charge < -0.3 is 4.42 Å². The lowest BCUT2D eigenvalue weighted by molar-refractivity contribution is 0.672. The summed E-state index contributed by atoms with van der Waals surface area (Å²) >= 11 is 9.90. The Morgan fingerprint density at radius 3 is 2.58 bits per heavy atom. The monoisotopic (exact) mass is 330 g/mol. The SMILES string of the molecule is Clc1cccc2c1cc(Br)c1c3ccccc3oc21. The van der Waals surface area contributed by atoms with Gasteiger partial charge in [0.05, 0.1) is 0 Å². The van der Waals surface area contributed by atoms with E-state index in [0.717, 1.165) is 42.2 Å². The second kappa shape index (κ2) is 3.99. The molecule has 1 aromatic heterocycles. The molecule has 92 valence electrons. The molecule has 0 aliphatic carbocycles. The number of fused-ring (bicyclic) bond motifs is 5. The second-order valence-electron chi connectivity index (χ2n) is 4.50. The van der Waals surface area contributed by atoms with Crippen LogP contribution in [0.1, 0.15) is 0 Å². The van der Waals surface area contributed by atoms with Crippen LogP contribution in [-0.4, -0.2) is 0 Å². The van der Waals surface area contributed by atoms with Crippen molar-refractivity contribution in [2.75, 3.05) is 0 Å². The molecular formula is C16H8BrClO. The van der Waals surface area contributed by atoms with Crippen molar-refractivity contribution in [2.45, 2.75) is 0 Å². The Hall–Kier alpha value is -1.51. The predicted molar refractivity (Wildman–Crippen MR) is 83.9 cm³/mol. The molecule has 0 N–H and O–H groups in total. The highest BCUT2D eigenvalue weighted by molar-refractivity contribution is 9.10. The molecule has 0 atom stereocenters. The third-order valence-corrected chi connectivity index (χ3v) is 4.36. The van der Waals surface area contributed by atoms with Crippen molar-refractivity contribution in [1.82, 2.24) is 0 Å². The van der Waals surface area contributed by atoms with E-state index in [1.54, 1.807) is 0 Å². The van der Waals surface area contributed by atoms with Gasteiger partial charge in [0.25, 0.3) is 0 Å². The average Bonchev–Trinajstić information content (AvgIpc) is 2.80. The van der Waals surface area contributed by atoms with Crippen LogP contribution in [0.2, 0.25) is 5.02 Å². The van der Waals surface area contributed by atoms with Crippen LogP contribution in [0, 0.1) is 0 Å². The maximum absolute atomic E-state index is 6.27. The molecule has 0 radical (unpaired) electrons. The van der Waals surface area contributed by atoms with Crippen LogP contribution in [0.25, 0.3) is 32.7 Å². The van der Waals surface area contributed by atoms with E-state index in [4.69, 9.17) is 16.0 Å². The number of benzene rings is 3. The number of hydrogen-bond acceptors (Lipinski definition) is 1. The highest BCUT2D eigenvalue weighted by atomic mass is 79.9. The van der Waals surface area contributed by atoms with Crippen LogP contribution >= 0.6 is 27.5 Å². The molecule has 3 aromatic carbocycles. The van der Waals surface area contributed by atoms with Gasteiger partial charge >= 0.3 is 0 Å². The summed E-state index contributed by atoms with van der Waals surface area (Å²) in [5.74, 6) is 0. The zero-order valence-electron chi connectivity index (χ0n) is 9.78. The summed E-state index contributed by atoms with van der Waals surface area (Å²) in [6.45, 7) is 0. The van der Waals surface area contributed by atoms with Crippen LogP contribution in [0.5, 0.6) is 0 Å². The lowest BCUT2D eigenvalue weighted by Gasteiger charge is -2.03. The first-order valence-corrected chi connectivity index (χ1v) is 7.11. The molecule has 0 unspecified atom stereocenters. The minimum Gasteiger partial charge on any atom is -0.455 e. The van der Waals surface area contributed by atoms with Crippen LogP contribution in [-0.2, 0) is 0 Å². The minimum atomic E-state index is 0.737. The van der Waals surface area contributed by atoms with Gasteiger partial charge in [-0.1, -0.05) is 41.9 Å². The van der Waals surface area contributed by atoms with E-state index in [-0.39, 0.29) is 0 Å². The van der Waals surface area contributed by atoms with Crippen molar-refractivity contribution in [1.29, 1.82) is 0 Å². The van der Waals surface area contributed by atoms with Crippen molar-refractivity contribution in [3.63, 3.8) is 0 Å². The molecule has 0 spiro atoms. The second-order valence-corrected chi connectivity index (χ2v) is 5.76. The van der Waals surface area contributed by atoms with E-state index in [1.165, 1.54) is 0 Å². The van der Waals surface area contributed by atoms with Crippen LogP contribution < -0.4 is 0 Å². The van der Waals surface area contributed by atoms with Gasteiger partial charge in [-0.25, -0.2) is 0 Å². The van der Waals surface area contributed by atoms with Crippen molar-refractivity contribution < 1.29 is 4.42 Å². The number of furan rings is 1. The van der Waals surface area contributed by atoms with E-state index in [1.807, 2.05) is 36.4 Å². The van der Waals surface area contributed by atoms with Crippen LogP contribution in [0.15, 0.2) is 57.4 Å². The van der Waals surface area contributed by atoms with Gasteiger partial charge in [-0.2, -0.15) is 0 Å². The highest BCUT2D eigenvalue weighted by Crippen LogP contribution is 2.40. The maximum Gasteiger partial charge on any atom is 0.144 e. The molecule has 0 fully saturated rings. The quantitative estimate of drug-likeness (QED) is 0.376. The number of para-hydroxylation sites is 1. The third-order valence-electron chi connectivity index (χ3n) is 3.40. The molecule has 0 saturated carbocycles. The highest BCUT2D eigenvalue weighted by Gasteiger charge is 2.14. The summed E-state index contributed by atoms with van der Waals surface area (Å²) in [6.07, 6.45) is 0. The Kier molecular flexibility index (Phi) is 2.38. The third kappa shape index (κ3) is 1.54. The Balaban J connectivity index is 2.37. The van der Waals surface area contributed by atoms with Gasteiger partial charge in [0.1, 0.15) is 11.2 Å².